The zero-order valence-corrected chi connectivity index (χ0v) is 15.2. The first-order valence-electron chi connectivity index (χ1n) is 9.00. The van der Waals surface area contributed by atoms with Crippen LogP contribution in [0.1, 0.15) is 67.4 Å². The summed E-state index contributed by atoms with van der Waals surface area (Å²) in [6, 6.07) is 1.69. The van der Waals surface area contributed by atoms with Gasteiger partial charge in [-0.05, 0) is 38.9 Å². The summed E-state index contributed by atoms with van der Waals surface area (Å²) >= 11 is 0. The molecule has 1 N–H and O–H groups in total. The van der Waals surface area contributed by atoms with Crippen molar-refractivity contribution >= 4 is 5.91 Å². The van der Waals surface area contributed by atoms with Gasteiger partial charge in [-0.1, -0.05) is 31.8 Å². The Morgan fingerprint density at radius 1 is 1.32 bits per heavy atom. The first-order chi connectivity index (χ1) is 12.1. The molecule has 1 fully saturated rings. The third kappa shape index (κ3) is 3.61. The lowest BCUT2D eigenvalue weighted by molar-refractivity contribution is 0.0890. The molecule has 1 aliphatic carbocycles. The molecule has 0 spiro atoms. The number of carbonyl (C=O) groups excluding carboxylic acids is 1. The van der Waals surface area contributed by atoms with Crippen LogP contribution in [0.2, 0.25) is 0 Å². The van der Waals surface area contributed by atoms with Gasteiger partial charge in [-0.3, -0.25) is 9.69 Å². The average molecular weight is 346 g/mol. The largest absolute Gasteiger partial charge is 0.469 e. The van der Waals surface area contributed by atoms with Gasteiger partial charge < -0.3 is 14.3 Å². The van der Waals surface area contributed by atoms with Gasteiger partial charge in [0.15, 0.2) is 5.82 Å². The highest BCUT2D eigenvalue weighted by Gasteiger charge is 2.42. The molecular formula is C18H26N4O3. The van der Waals surface area contributed by atoms with Crippen LogP contribution in [0, 0.1) is 6.92 Å². The topological polar surface area (TPSA) is 84.4 Å². The van der Waals surface area contributed by atoms with E-state index in [0.717, 1.165) is 38.8 Å². The quantitative estimate of drug-likeness (QED) is 0.829. The van der Waals surface area contributed by atoms with Crippen molar-refractivity contribution in [2.75, 3.05) is 13.1 Å². The molecule has 25 heavy (non-hydrogen) atoms. The number of aryl methyl sites for hydroxylation is 1. The Balaban J connectivity index is 1.80. The number of nitrogens with one attached hydrogen (secondary N) is 1. The summed E-state index contributed by atoms with van der Waals surface area (Å²) < 4.78 is 10.7. The van der Waals surface area contributed by atoms with Crippen LogP contribution in [0.15, 0.2) is 21.3 Å². The zero-order valence-electron chi connectivity index (χ0n) is 15.2. The maximum absolute atomic E-state index is 12.7. The number of aromatic nitrogens is 2. The van der Waals surface area contributed by atoms with E-state index >= 15 is 0 Å². The van der Waals surface area contributed by atoms with Crippen LogP contribution in [0.3, 0.4) is 0 Å². The molecule has 0 aromatic carbocycles. The molecule has 2 aromatic rings. The third-order valence-electron chi connectivity index (χ3n) is 5.06. The molecule has 0 aliphatic heterocycles. The Morgan fingerprint density at radius 3 is 2.64 bits per heavy atom. The summed E-state index contributed by atoms with van der Waals surface area (Å²) in [6.45, 7) is 8.47. The number of hydrogen-bond donors (Lipinski definition) is 1. The Kier molecular flexibility index (Phi) is 5.22. The number of nitrogens with zero attached hydrogens (tertiary/aromatic N) is 3. The van der Waals surface area contributed by atoms with Crippen LogP contribution in [0.5, 0.6) is 0 Å². The molecule has 0 radical (unpaired) electrons. The predicted octanol–water partition coefficient (Wildman–Crippen LogP) is 3.01. The molecule has 136 valence electrons. The summed E-state index contributed by atoms with van der Waals surface area (Å²) in [5.41, 5.74) is 0.00403. The Morgan fingerprint density at radius 2 is 2.04 bits per heavy atom. The second kappa shape index (κ2) is 7.39. The van der Waals surface area contributed by atoms with Crippen LogP contribution in [-0.2, 0) is 12.1 Å². The third-order valence-corrected chi connectivity index (χ3v) is 5.06. The molecule has 0 unspecified atom stereocenters. The molecule has 0 saturated heterocycles. The van der Waals surface area contributed by atoms with Gasteiger partial charge in [0.2, 0.25) is 5.89 Å². The Bertz CT molecular complexity index is 711. The second-order valence-corrected chi connectivity index (χ2v) is 6.61. The lowest BCUT2D eigenvalue weighted by atomic mass is 9.96. The highest BCUT2D eigenvalue weighted by molar-refractivity contribution is 5.95. The van der Waals surface area contributed by atoms with Gasteiger partial charge in [0.05, 0.1) is 18.4 Å². The van der Waals surface area contributed by atoms with E-state index in [1.165, 1.54) is 6.26 Å². The second-order valence-electron chi connectivity index (χ2n) is 6.61. The maximum Gasteiger partial charge on any atom is 0.255 e. The van der Waals surface area contributed by atoms with Crippen molar-refractivity contribution in [2.45, 2.75) is 58.5 Å². The molecule has 0 bridgehead atoms. The molecule has 1 amide bonds. The number of furan rings is 1. The van der Waals surface area contributed by atoms with E-state index in [4.69, 9.17) is 8.94 Å². The van der Waals surface area contributed by atoms with Crippen molar-refractivity contribution < 1.29 is 13.7 Å². The van der Waals surface area contributed by atoms with Gasteiger partial charge in [0.1, 0.15) is 11.3 Å². The minimum Gasteiger partial charge on any atom is -0.469 e. The van der Waals surface area contributed by atoms with Gasteiger partial charge in [0, 0.05) is 0 Å². The summed E-state index contributed by atoms with van der Waals surface area (Å²) in [7, 11) is 0. The van der Waals surface area contributed by atoms with Gasteiger partial charge >= 0.3 is 0 Å². The molecule has 7 heteroatoms. The number of rotatable bonds is 7. The minimum absolute atomic E-state index is 0.150. The van der Waals surface area contributed by atoms with Gasteiger partial charge in [-0.25, -0.2) is 0 Å². The van der Waals surface area contributed by atoms with Crippen LogP contribution >= 0.6 is 0 Å². The Hall–Kier alpha value is -2.15. The fourth-order valence-corrected chi connectivity index (χ4v) is 3.44. The van der Waals surface area contributed by atoms with Gasteiger partial charge in [0.25, 0.3) is 5.91 Å². The SMILES string of the molecule is CCN(CC)Cc1nc(C2(NC(=O)c3ccoc3C)CCCC2)no1. The van der Waals surface area contributed by atoms with Crippen molar-refractivity contribution in [1.29, 1.82) is 0 Å². The van der Waals surface area contributed by atoms with Crippen LogP contribution in [0.4, 0.5) is 0 Å². The van der Waals surface area contributed by atoms with E-state index in [-0.39, 0.29) is 5.91 Å². The molecular weight excluding hydrogens is 320 g/mol. The van der Waals surface area contributed by atoms with E-state index in [0.29, 0.717) is 29.6 Å². The standard InChI is InChI=1S/C18H26N4O3/c1-4-22(5-2)12-15-19-17(21-25-15)18(9-6-7-10-18)20-16(23)14-8-11-24-13(14)3/h8,11H,4-7,9-10,12H2,1-3H3,(H,20,23). The lowest BCUT2D eigenvalue weighted by Gasteiger charge is -2.26. The van der Waals surface area contributed by atoms with E-state index in [1.54, 1.807) is 13.0 Å². The normalized spacial score (nSPS) is 16.5. The van der Waals surface area contributed by atoms with Crippen LogP contribution in [0.25, 0.3) is 0 Å². The molecule has 1 saturated carbocycles. The van der Waals surface area contributed by atoms with Crippen molar-refractivity contribution in [3.8, 4) is 0 Å². The Labute approximate surface area is 147 Å². The first kappa shape index (κ1) is 17.7. The van der Waals surface area contributed by atoms with Crippen molar-refractivity contribution in [3.05, 3.63) is 35.4 Å². The number of hydrogen-bond acceptors (Lipinski definition) is 6. The van der Waals surface area contributed by atoms with Crippen molar-refractivity contribution in [2.24, 2.45) is 0 Å². The average Bonchev–Trinajstić information content (AvgIpc) is 3.33. The maximum atomic E-state index is 12.7. The first-order valence-corrected chi connectivity index (χ1v) is 9.00. The van der Waals surface area contributed by atoms with E-state index in [1.807, 2.05) is 0 Å². The molecule has 0 atom stereocenters. The highest BCUT2D eigenvalue weighted by atomic mass is 16.5. The van der Waals surface area contributed by atoms with Crippen LogP contribution < -0.4 is 5.32 Å². The molecule has 1 aliphatic rings. The fraction of sp³-hybridized carbons (Fsp3) is 0.611. The summed E-state index contributed by atoms with van der Waals surface area (Å²) in [6.07, 6.45) is 5.23. The van der Waals surface area contributed by atoms with E-state index in [9.17, 15) is 4.79 Å². The molecule has 2 aromatic heterocycles. The van der Waals surface area contributed by atoms with Gasteiger partial charge in [-0.15, -0.1) is 0 Å². The van der Waals surface area contributed by atoms with Crippen molar-refractivity contribution in [1.82, 2.24) is 20.4 Å². The minimum atomic E-state index is -0.550. The predicted molar refractivity (Wildman–Crippen MR) is 92.0 cm³/mol. The smallest absolute Gasteiger partial charge is 0.255 e. The fourth-order valence-electron chi connectivity index (χ4n) is 3.44. The van der Waals surface area contributed by atoms with Gasteiger partial charge in [-0.2, -0.15) is 4.98 Å². The number of amides is 1. The lowest BCUT2D eigenvalue weighted by Crippen LogP contribution is -2.44. The van der Waals surface area contributed by atoms with Crippen LogP contribution in [-0.4, -0.2) is 34.0 Å². The molecule has 7 nitrogen and oxygen atoms in total. The van der Waals surface area contributed by atoms with E-state index in [2.05, 4.69) is 34.2 Å². The van der Waals surface area contributed by atoms with Crippen molar-refractivity contribution in [3.63, 3.8) is 0 Å². The molecule has 2 heterocycles. The molecule has 3 rings (SSSR count). The highest BCUT2D eigenvalue weighted by Crippen LogP contribution is 2.37. The number of carbonyl (C=O) groups is 1. The van der Waals surface area contributed by atoms with E-state index < -0.39 is 5.54 Å². The summed E-state index contributed by atoms with van der Waals surface area (Å²) in [4.78, 5) is 19.5. The summed E-state index contributed by atoms with van der Waals surface area (Å²) in [5.74, 6) is 1.64. The monoisotopic (exact) mass is 346 g/mol. The summed E-state index contributed by atoms with van der Waals surface area (Å²) in [5, 5.41) is 7.35. The zero-order chi connectivity index (χ0) is 17.9.